The summed E-state index contributed by atoms with van der Waals surface area (Å²) in [6.07, 6.45) is -4.50. The first-order valence-electron chi connectivity index (χ1n) is 8.34. The summed E-state index contributed by atoms with van der Waals surface area (Å²) in [6.45, 7) is 0.103. The Kier molecular flexibility index (Phi) is 5.51. The lowest BCUT2D eigenvalue weighted by Gasteiger charge is -2.14. The Bertz CT molecular complexity index is 1000. The number of carbonyl (C=O) groups excluding carboxylic acids is 2. The van der Waals surface area contributed by atoms with E-state index < -0.39 is 22.1 Å². The fourth-order valence-corrected chi connectivity index (χ4v) is 3.75. The Hall–Kier alpha value is -3.08. The number of hydrogen-bond acceptors (Lipinski definition) is 5. The third kappa shape index (κ3) is 5.25. The molecule has 1 heterocycles. The number of hydrogen-bond donors (Lipinski definition) is 1. The maximum absolute atomic E-state index is 12.4. The van der Waals surface area contributed by atoms with Crippen LogP contribution in [0.2, 0.25) is 0 Å². The molecule has 3 rings (SSSR count). The summed E-state index contributed by atoms with van der Waals surface area (Å²) in [5, 5.41) is 0. The van der Waals surface area contributed by atoms with E-state index >= 15 is 0 Å². The molecule has 29 heavy (non-hydrogen) atoms. The Morgan fingerprint density at radius 2 is 1.48 bits per heavy atom. The summed E-state index contributed by atoms with van der Waals surface area (Å²) in [5.74, 6) is -1.04. The van der Waals surface area contributed by atoms with Crippen molar-refractivity contribution < 1.29 is 35.9 Å². The highest BCUT2D eigenvalue weighted by atomic mass is 32.2. The molecule has 1 aliphatic heterocycles. The number of ether oxygens (including phenoxy) is 1. The third-order valence-electron chi connectivity index (χ3n) is 4.07. The van der Waals surface area contributed by atoms with Crippen molar-refractivity contribution in [3.63, 3.8) is 0 Å². The molecule has 1 saturated heterocycles. The molecule has 7 nitrogen and oxygen atoms in total. The number of nitrogens with zero attached hydrogens (tertiary/aromatic N) is 1. The minimum Gasteiger partial charge on any atom is -0.406 e. The number of amides is 2. The van der Waals surface area contributed by atoms with Crippen LogP contribution in [-0.2, 0) is 26.2 Å². The van der Waals surface area contributed by atoms with Gasteiger partial charge in [-0.1, -0.05) is 12.1 Å². The zero-order chi connectivity index (χ0) is 21.2. The number of imide groups is 1. The van der Waals surface area contributed by atoms with Crippen LogP contribution in [0, 0.1) is 0 Å². The molecule has 0 bridgehead atoms. The number of rotatable bonds is 6. The predicted molar refractivity (Wildman–Crippen MR) is 95.2 cm³/mol. The van der Waals surface area contributed by atoms with Gasteiger partial charge in [0.25, 0.3) is 10.0 Å². The van der Waals surface area contributed by atoms with Crippen LogP contribution < -0.4 is 9.46 Å². The smallest absolute Gasteiger partial charge is 0.406 e. The number of likely N-dealkylation sites (tertiary alicyclic amines) is 1. The van der Waals surface area contributed by atoms with Gasteiger partial charge < -0.3 is 4.74 Å². The summed E-state index contributed by atoms with van der Waals surface area (Å²) in [6, 6.07) is 9.82. The van der Waals surface area contributed by atoms with Crippen molar-refractivity contribution in [1.29, 1.82) is 0 Å². The summed E-state index contributed by atoms with van der Waals surface area (Å²) in [7, 11) is -4.03. The Balaban J connectivity index is 1.67. The van der Waals surface area contributed by atoms with Gasteiger partial charge in [0.2, 0.25) is 11.8 Å². The Morgan fingerprint density at radius 3 is 2.00 bits per heavy atom. The van der Waals surface area contributed by atoms with Crippen LogP contribution in [0.1, 0.15) is 18.4 Å². The lowest BCUT2D eigenvalue weighted by atomic mass is 10.2. The summed E-state index contributed by atoms with van der Waals surface area (Å²) in [5.41, 5.74) is 0.855. The molecule has 0 radical (unpaired) electrons. The monoisotopic (exact) mass is 428 g/mol. The van der Waals surface area contributed by atoms with Crippen LogP contribution in [-0.4, -0.2) is 31.5 Å². The van der Waals surface area contributed by atoms with E-state index in [4.69, 9.17) is 0 Å². The fourth-order valence-electron chi connectivity index (χ4n) is 2.69. The molecule has 2 aromatic rings. The van der Waals surface area contributed by atoms with Crippen molar-refractivity contribution in [1.82, 2.24) is 4.90 Å². The molecular formula is C18H15F3N2O5S. The molecule has 0 aromatic heterocycles. The molecule has 1 N–H and O–H groups in total. The molecule has 154 valence electrons. The standard InChI is InChI=1S/C18H15F3N2O5S/c19-18(20,21)28-14-5-7-15(8-6-14)29(26,27)22-13-3-1-12(2-4-13)11-23-16(24)9-10-17(23)25/h1-8,22H,9-11H2. The molecule has 0 aliphatic carbocycles. The minimum atomic E-state index is -4.87. The molecule has 0 spiro atoms. The third-order valence-corrected chi connectivity index (χ3v) is 5.47. The zero-order valence-corrected chi connectivity index (χ0v) is 15.6. The molecule has 2 amide bonds. The number of nitrogens with one attached hydrogen (secondary N) is 1. The first-order valence-corrected chi connectivity index (χ1v) is 9.83. The molecule has 0 unspecified atom stereocenters. The van der Waals surface area contributed by atoms with E-state index in [1.165, 1.54) is 12.1 Å². The highest BCUT2D eigenvalue weighted by molar-refractivity contribution is 7.92. The topological polar surface area (TPSA) is 92.8 Å². The quantitative estimate of drug-likeness (QED) is 0.714. The van der Waals surface area contributed by atoms with E-state index in [1.807, 2.05) is 0 Å². The first-order chi connectivity index (χ1) is 13.5. The van der Waals surface area contributed by atoms with Crippen LogP contribution in [0.15, 0.2) is 53.4 Å². The van der Waals surface area contributed by atoms with Crippen molar-refractivity contribution in [3.8, 4) is 5.75 Å². The van der Waals surface area contributed by atoms with Crippen LogP contribution in [0.25, 0.3) is 0 Å². The lowest BCUT2D eigenvalue weighted by molar-refractivity contribution is -0.274. The average molecular weight is 428 g/mol. The van der Waals surface area contributed by atoms with Gasteiger partial charge in [0.05, 0.1) is 11.4 Å². The molecule has 1 fully saturated rings. The highest BCUT2D eigenvalue weighted by Crippen LogP contribution is 2.25. The summed E-state index contributed by atoms with van der Waals surface area (Å²) >= 11 is 0. The molecule has 1 aliphatic rings. The van der Waals surface area contributed by atoms with E-state index in [-0.39, 0.29) is 41.8 Å². The SMILES string of the molecule is O=C1CCC(=O)N1Cc1ccc(NS(=O)(=O)c2ccc(OC(F)(F)F)cc2)cc1. The molecule has 2 aromatic carbocycles. The normalized spacial score (nSPS) is 14.9. The van der Waals surface area contributed by atoms with Gasteiger partial charge in [0, 0.05) is 18.5 Å². The van der Waals surface area contributed by atoms with Crippen molar-refractivity contribution in [2.75, 3.05) is 4.72 Å². The van der Waals surface area contributed by atoms with Gasteiger partial charge >= 0.3 is 6.36 Å². The van der Waals surface area contributed by atoms with E-state index in [2.05, 4.69) is 9.46 Å². The number of halogens is 3. The van der Waals surface area contributed by atoms with E-state index in [0.29, 0.717) is 5.56 Å². The maximum atomic E-state index is 12.4. The second-order valence-electron chi connectivity index (χ2n) is 6.20. The fraction of sp³-hybridized carbons (Fsp3) is 0.222. The number of anilines is 1. The van der Waals surface area contributed by atoms with Crippen LogP contribution in [0.4, 0.5) is 18.9 Å². The second kappa shape index (κ2) is 7.74. The summed E-state index contributed by atoms with van der Waals surface area (Å²) in [4.78, 5) is 24.2. The van der Waals surface area contributed by atoms with Crippen LogP contribution >= 0.6 is 0 Å². The van der Waals surface area contributed by atoms with Gasteiger partial charge in [0.15, 0.2) is 0 Å². The van der Waals surface area contributed by atoms with E-state index in [0.717, 1.165) is 29.2 Å². The number of alkyl halides is 3. The first kappa shape index (κ1) is 20.6. The Morgan fingerprint density at radius 1 is 0.931 bits per heavy atom. The van der Waals surface area contributed by atoms with Gasteiger partial charge in [-0.25, -0.2) is 8.42 Å². The maximum Gasteiger partial charge on any atom is 0.573 e. The molecule has 0 atom stereocenters. The molecule has 0 saturated carbocycles. The van der Waals surface area contributed by atoms with Gasteiger partial charge in [-0.2, -0.15) is 0 Å². The van der Waals surface area contributed by atoms with Gasteiger partial charge in [0.1, 0.15) is 5.75 Å². The predicted octanol–water partition coefficient (Wildman–Crippen LogP) is 3.04. The van der Waals surface area contributed by atoms with Crippen molar-refractivity contribution >= 4 is 27.5 Å². The van der Waals surface area contributed by atoms with Crippen molar-refractivity contribution in [2.24, 2.45) is 0 Å². The van der Waals surface area contributed by atoms with Crippen molar-refractivity contribution in [2.45, 2.75) is 30.6 Å². The average Bonchev–Trinajstić information content (AvgIpc) is 2.94. The highest BCUT2D eigenvalue weighted by Gasteiger charge is 2.31. The molecular weight excluding hydrogens is 413 g/mol. The summed E-state index contributed by atoms with van der Waals surface area (Å²) < 4.78 is 67.3. The number of carbonyl (C=O) groups is 2. The van der Waals surface area contributed by atoms with Crippen molar-refractivity contribution in [3.05, 3.63) is 54.1 Å². The van der Waals surface area contributed by atoms with E-state index in [9.17, 15) is 31.2 Å². The number of sulfonamides is 1. The minimum absolute atomic E-state index is 0.103. The zero-order valence-electron chi connectivity index (χ0n) is 14.8. The van der Waals surface area contributed by atoms with Crippen LogP contribution in [0.5, 0.6) is 5.75 Å². The Labute approximate surface area is 164 Å². The molecule has 11 heteroatoms. The second-order valence-corrected chi connectivity index (χ2v) is 7.88. The van der Waals surface area contributed by atoms with Gasteiger partial charge in [-0.05, 0) is 42.0 Å². The van der Waals surface area contributed by atoms with Gasteiger partial charge in [-0.15, -0.1) is 13.2 Å². The van der Waals surface area contributed by atoms with Gasteiger partial charge in [-0.3, -0.25) is 19.2 Å². The van der Waals surface area contributed by atoms with Crippen LogP contribution in [0.3, 0.4) is 0 Å². The lowest BCUT2D eigenvalue weighted by Crippen LogP contribution is -2.28. The largest absolute Gasteiger partial charge is 0.573 e. The van der Waals surface area contributed by atoms with E-state index in [1.54, 1.807) is 12.1 Å². The number of benzene rings is 2.